The predicted molar refractivity (Wildman–Crippen MR) is 109 cm³/mol. The van der Waals surface area contributed by atoms with Crippen molar-refractivity contribution in [2.24, 2.45) is 0 Å². The number of hydrogen-bond acceptors (Lipinski definition) is 3. The summed E-state index contributed by atoms with van der Waals surface area (Å²) >= 11 is 0. The van der Waals surface area contributed by atoms with Crippen LogP contribution in [0.3, 0.4) is 0 Å². The summed E-state index contributed by atoms with van der Waals surface area (Å²) in [7, 11) is 0. The van der Waals surface area contributed by atoms with Crippen LogP contribution in [0.5, 0.6) is 0 Å². The molecule has 0 saturated heterocycles. The number of urea groups is 1. The number of likely N-dealkylation sites (N-methyl/N-ethyl adjacent to an activating group) is 1. The zero-order chi connectivity index (χ0) is 19.8. The van der Waals surface area contributed by atoms with Crippen molar-refractivity contribution in [3.05, 3.63) is 53.9 Å². The standard InChI is InChI=1S/C21H32N4O2/c1-5-24(6-2)15-20(26)19-8-7-13-25(19)18-11-9-17(10-12-18)14-22-21(27)23-16(3)4/h7-13,16,20,26H,5-6,14-15H2,1-4H3,(H2,22,23,27)/t20-/m1/s1. The van der Waals surface area contributed by atoms with E-state index in [1.165, 1.54) is 0 Å². The van der Waals surface area contributed by atoms with E-state index in [1.54, 1.807) is 0 Å². The molecule has 0 unspecified atom stereocenters. The fraction of sp³-hybridized carbons (Fsp3) is 0.476. The van der Waals surface area contributed by atoms with Crippen LogP contribution in [0.1, 0.15) is 45.1 Å². The average molecular weight is 373 g/mol. The number of aromatic nitrogens is 1. The second-order valence-electron chi connectivity index (χ2n) is 6.95. The number of rotatable bonds is 9. The summed E-state index contributed by atoms with van der Waals surface area (Å²) in [6.07, 6.45) is 1.42. The molecule has 148 valence electrons. The third kappa shape index (κ3) is 6.12. The highest BCUT2D eigenvalue weighted by Gasteiger charge is 2.15. The smallest absolute Gasteiger partial charge is 0.315 e. The molecule has 0 spiro atoms. The number of benzene rings is 1. The normalized spacial score (nSPS) is 12.4. The van der Waals surface area contributed by atoms with E-state index in [0.29, 0.717) is 13.1 Å². The zero-order valence-corrected chi connectivity index (χ0v) is 16.8. The van der Waals surface area contributed by atoms with Crippen LogP contribution in [-0.2, 0) is 6.54 Å². The first kappa shape index (κ1) is 21.0. The van der Waals surface area contributed by atoms with E-state index in [2.05, 4.69) is 29.4 Å². The molecular weight excluding hydrogens is 340 g/mol. The number of amides is 2. The molecule has 0 aliphatic carbocycles. The summed E-state index contributed by atoms with van der Waals surface area (Å²) < 4.78 is 2.01. The number of nitrogens with zero attached hydrogens (tertiary/aromatic N) is 2. The second-order valence-corrected chi connectivity index (χ2v) is 6.95. The molecule has 3 N–H and O–H groups in total. The van der Waals surface area contributed by atoms with E-state index in [-0.39, 0.29) is 12.1 Å². The fourth-order valence-electron chi connectivity index (χ4n) is 2.99. The summed E-state index contributed by atoms with van der Waals surface area (Å²) in [4.78, 5) is 13.9. The first-order valence-electron chi connectivity index (χ1n) is 9.65. The molecule has 2 aromatic rings. The van der Waals surface area contributed by atoms with Gasteiger partial charge in [0.25, 0.3) is 0 Å². The van der Waals surface area contributed by atoms with E-state index in [9.17, 15) is 9.90 Å². The molecule has 27 heavy (non-hydrogen) atoms. The predicted octanol–water partition coefficient (Wildman–Crippen LogP) is 3.06. The molecule has 2 rings (SSSR count). The first-order chi connectivity index (χ1) is 12.9. The van der Waals surface area contributed by atoms with Crippen molar-refractivity contribution in [2.45, 2.75) is 46.4 Å². The van der Waals surface area contributed by atoms with Crippen molar-refractivity contribution in [1.82, 2.24) is 20.1 Å². The lowest BCUT2D eigenvalue weighted by atomic mass is 10.2. The van der Waals surface area contributed by atoms with Gasteiger partial charge in [-0.05, 0) is 56.8 Å². The Kier molecular flexibility index (Phi) is 7.88. The molecule has 6 nitrogen and oxygen atoms in total. The Morgan fingerprint density at radius 1 is 1.15 bits per heavy atom. The maximum Gasteiger partial charge on any atom is 0.315 e. The third-order valence-electron chi connectivity index (χ3n) is 4.53. The van der Waals surface area contributed by atoms with Gasteiger partial charge in [-0.2, -0.15) is 0 Å². The van der Waals surface area contributed by atoms with Crippen LogP contribution in [0.15, 0.2) is 42.6 Å². The number of carbonyl (C=O) groups excluding carboxylic acids is 1. The quantitative estimate of drug-likeness (QED) is 0.634. The summed E-state index contributed by atoms with van der Waals surface area (Å²) in [5, 5.41) is 16.3. The molecule has 0 aliphatic rings. The lowest BCUT2D eigenvalue weighted by molar-refractivity contribution is 0.114. The molecule has 1 aromatic carbocycles. The van der Waals surface area contributed by atoms with E-state index in [1.807, 2.05) is 61.0 Å². The minimum Gasteiger partial charge on any atom is -0.386 e. The van der Waals surface area contributed by atoms with Crippen LogP contribution in [0.25, 0.3) is 5.69 Å². The van der Waals surface area contributed by atoms with E-state index in [0.717, 1.165) is 30.0 Å². The van der Waals surface area contributed by atoms with Crippen LogP contribution < -0.4 is 10.6 Å². The van der Waals surface area contributed by atoms with Crippen molar-refractivity contribution in [3.63, 3.8) is 0 Å². The van der Waals surface area contributed by atoms with Crippen LogP contribution in [-0.4, -0.2) is 46.3 Å². The van der Waals surface area contributed by atoms with Crippen LogP contribution in [0, 0.1) is 0 Å². The number of carbonyl (C=O) groups is 1. The van der Waals surface area contributed by atoms with Crippen molar-refractivity contribution < 1.29 is 9.90 Å². The van der Waals surface area contributed by atoms with Crippen LogP contribution in [0.2, 0.25) is 0 Å². The van der Waals surface area contributed by atoms with Gasteiger partial charge < -0.3 is 25.2 Å². The maximum atomic E-state index is 11.7. The molecule has 2 amide bonds. The van der Waals surface area contributed by atoms with E-state index in [4.69, 9.17) is 0 Å². The Morgan fingerprint density at radius 3 is 2.41 bits per heavy atom. The van der Waals surface area contributed by atoms with Crippen molar-refractivity contribution >= 4 is 6.03 Å². The molecule has 0 aliphatic heterocycles. The van der Waals surface area contributed by atoms with Gasteiger partial charge in [0.05, 0.1) is 5.69 Å². The average Bonchev–Trinajstić information content (AvgIpc) is 3.14. The van der Waals surface area contributed by atoms with Crippen LogP contribution in [0.4, 0.5) is 4.79 Å². The number of aliphatic hydroxyl groups is 1. The Labute approximate surface area is 162 Å². The summed E-state index contributed by atoms with van der Waals surface area (Å²) in [6.45, 7) is 11.0. The first-order valence-corrected chi connectivity index (χ1v) is 9.65. The molecule has 6 heteroatoms. The van der Waals surface area contributed by atoms with Gasteiger partial charge in [-0.25, -0.2) is 4.79 Å². The van der Waals surface area contributed by atoms with Gasteiger partial charge in [0.2, 0.25) is 0 Å². The lowest BCUT2D eigenvalue weighted by Gasteiger charge is -2.23. The second kappa shape index (κ2) is 10.1. The number of aliphatic hydroxyl groups excluding tert-OH is 1. The fourth-order valence-corrected chi connectivity index (χ4v) is 2.99. The van der Waals surface area contributed by atoms with Gasteiger partial charge in [0.1, 0.15) is 6.10 Å². The molecule has 0 radical (unpaired) electrons. The zero-order valence-electron chi connectivity index (χ0n) is 16.8. The Balaban J connectivity index is 2.03. The maximum absolute atomic E-state index is 11.7. The van der Waals surface area contributed by atoms with Gasteiger partial charge in [0, 0.05) is 31.0 Å². The summed E-state index contributed by atoms with van der Waals surface area (Å²) in [5.74, 6) is 0. The monoisotopic (exact) mass is 372 g/mol. The van der Waals surface area contributed by atoms with Crippen molar-refractivity contribution in [2.75, 3.05) is 19.6 Å². The Hall–Kier alpha value is -2.31. The lowest BCUT2D eigenvalue weighted by Crippen LogP contribution is -2.39. The van der Waals surface area contributed by atoms with Gasteiger partial charge in [-0.1, -0.05) is 26.0 Å². The molecular formula is C21H32N4O2. The SMILES string of the molecule is CCN(CC)C[C@@H](O)c1cccn1-c1ccc(CNC(=O)NC(C)C)cc1. The van der Waals surface area contributed by atoms with Gasteiger partial charge >= 0.3 is 6.03 Å². The van der Waals surface area contributed by atoms with Gasteiger partial charge in [0.15, 0.2) is 0 Å². The molecule has 0 bridgehead atoms. The molecule has 1 heterocycles. The number of nitrogens with one attached hydrogen (secondary N) is 2. The minimum absolute atomic E-state index is 0.113. The summed E-state index contributed by atoms with van der Waals surface area (Å²) in [5.41, 5.74) is 2.89. The van der Waals surface area contributed by atoms with Crippen molar-refractivity contribution in [3.8, 4) is 5.69 Å². The molecule has 1 aromatic heterocycles. The highest BCUT2D eigenvalue weighted by Crippen LogP contribution is 2.20. The highest BCUT2D eigenvalue weighted by molar-refractivity contribution is 5.74. The highest BCUT2D eigenvalue weighted by atomic mass is 16.3. The molecule has 0 fully saturated rings. The van der Waals surface area contributed by atoms with Crippen molar-refractivity contribution in [1.29, 1.82) is 0 Å². The van der Waals surface area contributed by atoms with E-state index < -0.39 is 6.10 Å². The van der Waals surface area contributed by atoms with Crippen LogP contribution >= 0.6 is 0 Å². The Morgan fingerprint density at radius 2 is 1.81 bits per heavy atom. The van der Waals surface area contributed by atoms with Gasteiger partial charge in [-0.3, -0.25) is 0 Å². The summed E-state index contributed by atoms with van der Waals surface area (Å²) in [6, 6.07) is 11.9. The minimum atomic E-state index is -0.541. The van der Waals surface area contributed by atoms with E-state index >= 15 is 0 Å². The van der Waals surface area contributed by atoms with Gasteiger partial charge in [-0.15, -0.1) is 0 Å². The Bertz CT molecular complexity index is 705. The topological polar surface area (TPSA) is 69.5 Å². The molecule has 0 saturated carbocycles. The molecule has 1 atom stereocenters. The largest absolute Gasteiger partial charge is 0.386 e. The third-order valence-corrected chi connectivity index (χ3v) is 4.53. The number of hydrogen-bond donors (Lipinski definition) is 3.